The number of allylic oxidation sites excluding steroid dienone is 1. The Morgan fingerprint density at radius 3 is 2.02 bits per heavy atom. The normalized spacial score (nSPS) is 21.1. The fourth-order valence-corrected chi connectivity index (χ4v) is 7.95. The van der Waals surface area contributed by atoms with E-state index >= 15 is 0 Å². The van der Waals surface area contributed by atoms with Crippen LogP contribution < -0.4 is 10.2 Å². The minimum absolute atomic E-state index is 0.0951. The summed E-state index contributed by atoms with van der Waals surface area (Å²) in [5.74, 6) is -3.52. The van der Waals surface area contributed by atoms with Crippen LogP contribution in [0.4, 0.5) is 11.4 Å². The molecule has 0 amide bonds. The second kappa shape index (κ2) is 14.6. The second-order valence-electron chi connectivity index (χ2n) is 13.3. The SMILES string of the molecule is CC1=C(C(=O)O)[C@@H](c2cccc([N+](=O)[O-])c2)C(CCc2ccc(N3CCN(C(c4ccccc4)c4ccccc4)CC3)cc2)(C(=O)O)C(C)N1. The van der Waals surface area contributed by atoms with Gasteiger partial charge in [0.2, 0.25) is 0 Å². The highest BCUT2D eigenvalue weighted by atomic mass is 16.6. The number of nitro benzene ring substituents is 1. The van der Waals surface area contributed by atoms with Crippen molar-refractivity contribution in [1.82, 2.24) is 10.2 Å². The Kier molecular flexibility index (Phi) is 10.0. The summed E-state index contributed by atoms with van der Waals surface area (Å²) in [7, 11) is 0. The fraction of sp³-hybridized carbons (Fsp3) is 0.300. The Hall–Kier alpha value is -5.48. The van der Waals surface area contributed by atoms with E-state index < -0.39 is 34.2 Å². The standard InChI is InChI=1S/C40H42N4O6/c1-27-35(38(45)46)36(32-14-9-15-34(26-32)44(49)50)40(39(47)48,28(2)41-27)21-20-29-16-18-33(19-17-29)42-22-24-43(25-23-42)37(30-10-5-3-6-11-30)31-12-7-4-8-13-31/h3-19,26,28,36-37,41H,20-25H2,1-2H3,(H,45,46)(H,47,48)/t28?,36-,40?/m1/s1. The molecule has 6 rings (SSSR count). The lowest BCUT2D eigenvalue weighted by Crippen LogP contribution is -2.56. The van der Waals surface area contributed by atoms with Crippen LogP contribution in [0.5, 0.6) is 0 Å². The number of hydrogen-bond donors (Lipinski definition) is 3. The van der Waals surface area contributed by atoms with Gasteiger partial charge in [0.15, 0.2) is 0 Å². The lowest BCUT2D eigenvalue weighted by Gasteiger charge is -2.47. The van der Waals surface area contributed by atoms with Crippen LogP contribution in [-0.2, 0) is 16.0 Å². The summed E-state index contributed by atoms with van der Waals surface area (Å²) in [5.41, 5.74) is 3.29. The Labute approximate surface area is 291 Å². The van der Waals surface area contributed by atoms with E-state index in [4.69, 9.17) is 0 Å². The molecule has 3 atom stereocenters. The predicted molar refractivity (Wildman–Crippen MR) is 192 cm³/mol. The third-order valence-electron chi connectivity index (χ3n) is 10.5. The lowest BCUT2D eigenvalue weighted by atomic mass is 9.60. The molecule has 0 aromatic heterocycles. The minimum atomic E-state index is -1.59. The van der Waals surface area contributed by atoms with Gasteiger partial charge in [0.25, 0.3) is 5.69 Å². The fourth-order valence-electron chi connectivity index (χ4n) is 7.95. The number of carbonyl (C=O) groups is 2. The number of anilines is 1. The highest BCUT2D eigenvalue weighted by Crippen LogP contribution is 2.51. The molecule has 2 unspecified atom stereocenters. The molecule has 0 bridgehead atoms. The maximum absolute atomic E-state index is 13.3. The van der Waals surface area contributed by atoms with Gasteiger partial charge in [-0.1, -0.05) is 84.9 Å². The zero-order valence-corrected chi connectivity index (χ0v) is 28.2. The van der Waals surface area contributed by atoms with Crippen LogP contribution in [0, 0.1) is 15.5 Å². The van der Waals surface area contributed by atoms with Crippen LogP contribution in [0.2, 0.25) is 0 Å². The molecule has 0 aliphatic carbocycles. The first-order valence-corrected chi connectivity index (χ1v) is 17.0. The number of nitro groups is 1. The van der Waals surface area contributed by atoms with Crippen molar-refractivity contribution in [1.29, 1.82) is 0 Å². The van der Waals surface area contributed by atoms with Crippen molar-refractivity contribution < 1.29 is 24.7 Å². The van der Waals surface area contributed by atoms with Crippen LogP contribution in [0.3, 0.4) is 0 Å². The van der Waals surface area contributed by atoms with E-state index in [1.165, 1.54) is 29.3 Å². The maximum atomic E-state index is 13.3. The molecule has 50 heavy (non-hydrogen) atoms. The second-order valence-corrected chi connectivity index (χ2v) is 13.3. The van der Waals surface area contributed by atoms with Crippen molar-refractivity contribution in [3.8, 4) is 0 Å². The van der Waals surface area contributed by atoms with Crippen LogP contribution in [-0.4, -0.2) is 64.2 Å². The molecule has 2 heterocycles. The van der Waals surface area contributed by atoms with Gasteiger partial charge >= 0.3 is 11.9 Å². The van der Waals surface area contributed by atoms with Gasteiger partial charge in [-0.25, -0.2) is 4.79 Å². The number of piperazine rings is 1. The molecular weight excluding hydrogens is 632 g/mol. The molecule has 10 nitrogen and oxygen atoms in total. The monoisotopic (exact) mass is 674 g/mol. The summed E-state index contributed by atoms with van der Waals surface area (Å²) >= 11 is 0. The van der Waals surface area contributed by atoms with E-state index in [0.29, 0.717) is 17.7 Å². The Balaban J connectivity index is 1.20. The van der Waals surface area contributed by atoms with E-state index in [2.05, 4.69) is 75.8 Å². The van der Waals surface area contributed by atoms with Gasteiger partial charge in [-0.2, -0.15) is 0 Å². The van der Waals surface area contributed by atoms with E-state index in [1.807, 2.05) is 24.3 Å². The number of hydrogen-bond acceptors (Lipinski definition) is 7. The van der Waals surface area contributed by atoms with Gasteiger partial charge in [0, 0.05) is 61.7 Å². The van der Waals surface area contributed by atoms with Crippen LogP contribution in [0.1, 0.15) is 54.5 Å². The largest absolute Gasteiger partial charge is 0.481 e. The molecule has 2 aliphatic rings. The van der Waals surface area contributed by atoms with Crippen molar-refractivity contribution in [2.24, 2.45) is 5.41 Å². The molecule has 1 saturated heterocycles. The first-order chi connectivity index (χ1) is 24.1. The molecule has 3 N–H and O–H groups in total. The van der Waals surface area contributed by atoms with Crippen molar-refractivity contribution in [3.63, 3.8) is 0 Å². The first-order valence-electron chi connectivity index (χ1n) is 17.0. The van der Waals surface area contributed by atoms with Gasteiger partial charge in [-0.15, -0.1) is 0 Å². The average molecular weight is 675 g/mol. The molecule has 1 fully saturated rings. The highest BCUT2D eigenvalue weighted by molar-refractivity contribution is 5.93. The van der Waals surface area contributed by atoms with Crippen molar-refractivity contribution in [2.75, 3.05) is 31.1 Å². The summed E-state index contributed by atoms with van der Waals surface area (Å²) in [6.45, 7) is 6.84. The summed E-state index contributed by atoms with van der Waals surface area (Å²) in [6.07, 6.45) is 0.492. The van der Waals surface area contributed by atoms with Crippen LogP contribution in [0.15, 0.2) is 120 Å². The number of rotatable bonds is 11. The van der Waals surface area contributed by atoms with Gasteiger partial charge in [0.05, 0.1) is 22.0 Å². The minimum Gasteiger partial charge on any atom is -0.481 e. The lowest BCUT2D eigenvalue weighted by molar-refractivity contribution is -0.384. The predicted octanol–water partition coefficient (Wildman–Crippen LogP) is 6.64. The number of benzene rings is 4. The quantitative estimate of drug-likeness (QED) is 0.118. The third kappa shape index (κ3) is 6.71. The van der Waals surface area contributed by atoms with Crippen molar-refractivity contribution in [2.45, 2.75) is 44.7 Å². The summed E-state index contributed by atoms with van der Waals surface area (Å²) in [4.78, 5) is 41.9. The summed E-state index contributed by atoms with van der Waals surface area (Å²) < 4.78 is 0. The number of nitrogens with one attached hydrogen (secondary N) is 1. The molecule has 10 heteroatoms. The Morgan fingerprint density at radius 1 is 0.880 bits per heavy atom. The Bertz CT molecular complexity index is 1830. The summed E-state index contributed by atoms with van der Waals surface area (Å²) in [6, 6.07) is 34.5. The molecule has 4 aromatic rings. The first kappa shape index (κ1) is 34.4. The number of carboxylic acids is 2. The smallest absolute Gasteiger partial charge is 0.333 e. The third-order valence-corrected chi connectivity index (χ3v) is 10.5. The molecule has 0 saturated carbocycles. The number of nitrogens with zero attached hydrogens (tertiary/aromatic N) is 3. The number of carboxylic acid groups (broad SMARTS) is 2. The van der Waals surface area contributed by atoms with Crippen LogP contribution in [0.25, 0.3) is 0 Å². The molecule has 2 aliphatic heterocycles. The zero-order valence-electron chi connectivity index (χ0n) is 28.2. The van der Waals surface area contributed by atoms with E-state index in [1.54, 1.807) is 19.9 Å². The van der Waals surface area contributed by atoms with Crippen molar-refractivity contribution in [3.05, 3.63) is 153 Å². The van der Waals surface area contributed by atoms with Gasteiger partial charge in [-0.3, -0.25) is 19.8 Å². The zero-order chi connectivity index (χ0) is 35.4. The summed E-state index contributed by atoms with van der Waals surface area (Å²) in [5, 5.41) is 35.9. The van der Waals surface area contributed by atoms with E-state index in [0.717, 1.165) is 37.4 Å². The number of aryl methyl sites for hydroxylation is 1. The average Bonchev–Trinajstić information content (AvgIpc) is 3.12. The highest BCUT2D eigenvalue weighted by Gasteiger charge is 2.56. The molecular formula is C40H42N4O6. The molecule has 0 radical (unpaired) electrons. The molecule has 4 aromatic carbocycles. The topological polar surface area (TPSA) is 136 Å². The Morgan fingerprint density at radius 2 is 1.48 bits per heavy atom. The number of aliphatic carboxylic acids is 2. The van der Waals surface area contributed by atoms with Gasteiger partial charge in [-0.05, 0) is 61.1 Å². The van der Waals surface area contributed by atoms with E-state index in [-0.39, 0.29) is 23.7 Å². The van der Waals surface area contributed by atoms with Gasteiger partial charge in [0.1, 0.15) is 0 Å². The van der Waals surface area contributed by atoms with Gasteiger partial charge < -0.3 is 20.4 Å². The van der Waals surface area contributed by atoms with Crippen LogP contribution >= 0.6 is 0 Å². The molecule has 0 spiro atoms. The van der Waals surface area contributed by atoms with Crippen molar-refractivity contribution >= 4 is 23.3 Å². The number of non-ortho nitro benzene ring substituents is 1. The van der Waals surface area contributed by atoms with E-state index in [9.17, 15) is 29.9 Å². The molecule has 258 valence electrons. The maximum Gasteiger partial charge on any atom is 0.333 e.